The van der Waals surface area contributed by atoms with Gasteiger partial charge in [-0.25, -0.2) is 4.98 Å². The molecule has 4 rings (SSSR count). The Kier molecular flexibility index (Phi) is 8.17. The zero-order chi connectivity index (χ0) is 26.4. The summed E-state index contributed by atoms with van der Waals surface area (Å²) in [6.45, 7) is 12.3. The van der Waals surface area contributed by atoms with Crippen LogP contribution < -0.4 is 14.8 Å². The summed E-state index contributed by atoms with van der Waals surface area (Å²) in [5, 5.41) is 2.96. The quantitative estimate of drug-likeness (QED) is 0.301. The number of amides is 1. The van der Waals surface area contributed by atoms with Crippen molar-refractivity contribution in [1.29, 1.82) is 0 Å². The number of aromatic nitrogens is 2. The lowest BCUT2D eigenvalue weighted by atomic mass is 9.87. The molecular formula is C31H37N3O3. The Morgan fingerprint density at radius 1 is 0.973 bits per heavy atom. The minimum absolute atomic E-state index is 0.0114. The van der Waals surface area contributed by atoms with Crippen molar-refractivity contribution in [3.63, 3.8) is 0 Å². The van der Waals surface area contributed by atoms with Crippen LogP contribution in [0.25, 0.3) is 11.0 Å². The molecule has 0 aliphatic rings. The molecule has 0 aliphatic carbocycles. The average molecular weight is 500 g/mol. The Morgan fingerprint density at radius 3 is 2.49 bits per heavy atom. The van der Waals surface area contributed by atoms with Crippen LogP contribution in [0.4, 0.5) is 0 Å². The van der Waals surface area contributed by atoms with Crippen LogP contribution in [0.3, 0.4) is 0 Å². The number of aryl methyl sites for hydroxylation is 2. The second kappa shape index (κ2) is 11.5. The molecule has 1 N–H and O–H groups in total. The molecule has 0 radical (unpaired) electrons. The molecule has 1 amide bonds. The first-order valence-electron chi connectivity index (χ1n) is 12.8. The van der Waals surface area contributed by atoms with Crippen LogP contribution in [0.2, 0.25) is 0 Å². The van der Waals surface area contributed by atoms with Gasteiger partial charge in [0.05, 0.1) is 17.6 Å². The highest BCUT2D eigenvalue weighted by atomic mass is 16.5. The van der Waals surface area contributed by atoms with Gasteiger partial charge in [-0.3, -0.25) is 4.79 Å². The van der Waals surface area contributed by atoms with Crippen LogP contribution in [-0.4, -0.2) is 35.2 Å². The summed E-state index contributed by atoms with van der Waals surface area (Å²) >= 11 is 0. The van der Waals surface area contributed by atoms with Crippen LogP contribution in [0.15, 0.2) is 66.7 Å². The minimum atomic E-state index is -0.148. The van der Waals surface area contributed by atoms with Crippen LogP contribution in [0, 0.1) is 13.8 Å². The number of imidazole rings is 1. The zero-order valence-corrected chi connectivity index (χ0v) is 22.5. The minimum Gasteiger partial charge on any atom is -0.492 e. The van der Waals surface area contributed by atoms with Gasteiger partial charge < -0.3 is 19.4 Å². The standard InChI is InChI=1S/C31H37N3O3/c1-22-10-11-23(2)28(20-22)37-21-30(35)32-17-16-29-33-26-8-6-7-9-27(26)34(29)18-19-36-25-14-12-24(13-15-25)31(3,4)5/h6-15,20H,16-19,21H2,1-5H3,(H,32,35). The maximum absolute atomic E-state index is 12.4. The number of para-hydroxylation sites is 2. The molecule has 0 fully saturated rings. The third-order valence-corrected chi connectivity index (χ3v) is 6.41. The molecule has 1 aromatic heterocycles. The van der Waals surface area contributed by atoms with Gasteiger partial charge in [0.1, 0.15) is 23.9 Å². The number of nitrogens with one attached hydrogen (secondary N) is 1. The Morgan fingerprint density at radius 2 is 1.73 bits per heavy atom. The van der Waals surface area contributed by atoms with Crippen molar-refractivity contribution in [2.24, 2.45) is 0 Å². The summed E-state index contributed by atoms with van der Waals surface area (Å²) < 4.78 is 14.0. The van der Waals surface area contributed by atoms with Gasteiger partial charge in [-0.15, -0.1) is 0 Å². The molecule has 6 heteroatoms. The van der Waals surface area contributed by atoms with E-state index in [0.29, 0.717) is 26.1 Å². The van der Waals surface area contributed by atoms with Gasteiger partial charge in [0.15, 0.2) is 6.61 Å². The molecule has 0 saturated heterocycles. The number of carbonyl (C=O) groups excluding carboxylic acids is 1. The summed E-state index contributed by atoms with van der Waals surface area (Å²) in [6, 6.07) is 22.4. The molecule has 0 saturated carbocycles. The normalized spacial score (nSPS) is 11.5. The van der Waals surface area contributed by atoms with Gasteiger partial charge in [0.25, 0.3) is 5.91 Å². The molecule has 3 aromatic carbocycles. The molecule has 4 aromatic rings. The first-order valence-corrected chi connectivity index (χ1v) is 12.8. The van der Waals surface area contributed by atoms with Gasteiger partial charge in [-0.2, -0.15) is 0 Å². The fourth-order valence-corrected chi connectivity index (χ4v) is 4.24. The second-order valence-electron chi connectivity index (χ2n) is 10.4. The van der Waals surface area contributed by atoms with E-state index in [9.17, 15) is 4.79 Å². The maximum atomic E-state index is 12.4. The Hall–Kier alpha value is -3.80. The number of ether oxygens (including phenoxy) is 2. The van der Waals surface area contributed by atoms with Crippen molar-refractivity contribution in [1.82, 2.24) is 14.9 Å². The Bertz CT molecular complexity index is 1350. The summed E-state index contributed by atoms with van der Waals surface area (Å²) in [5.41, 5.74) is 5.52. The highest BCUT2D eigenvalue weighted by molar-refractivity contribution is 5.78. The fourth-order valence-electron chi connectivity index (χ4n) is 4.24. The first kappa shape index (κ1) is 26.3. The van der Waals surface area contributed by atoms with E-state index in [4.69, 9.17) is 14.5 Å². The van der Waals surface area contributed by atoms with E-state index in [1.54, 1.807) is 0 Å². The van der Waals surface area contributed by atoms with Gasteiger partial charge in [-0.05, 0) is 66.3 Å². The van der Waals surface area contributed by atoms with Crippen LogP contribution in [0.1, 0.15) is 43.3 Å². The molecule has 0 atom stereocenters. The van der Waals surface area contributed by atoms with Crippen molar-refractivity contribution in [3.8, 4) is 11.5 Å². The Balaban J connectivity index is 1.33. The molecule has 1 heterocycles. The van der Waals surface area contributed by atoms with E-state index in [1.165, 1.54) is 5.56 Å². The summed E-state index contributed by atoms with van der Waals surface area (Å²) in [4.78, 5) is 17.2. The van der Waals surface area contributed by atoms with Crippen molar-refractivity contribution in [2.45, 2.75) is 53.0 Å². The summed E-state index contributed by atoms with van der Waals surface area (Å²) in [5.74, 6) is 2.37. The third kappa shape index (κ3) is 6.91. The van der Waals surface area contributed by atoms with Crippen molar-refractivity contribution < 1.29 is 14.3 Å². The fraction of sp³-hybridized carbons (Fsp3) is 0.355. The number of fused-ring (bicyclic) bond motifs is 1. The number of carbonyl (C=O) groups is 1. The summed E-state index contributed by atoms with van der Waals surface area (Å²) in [7, 11) is 0. The average Bonchev–Trinajstić information content (AvgIpc) is 3.21. The predicted octanol–water partition coefficient (Wildman–Crippen LogP) is 5.77. The van der Waals surface area contributed by atoms with E-state index >= 15 is 0 Å². The number of hydrogen-bond acceptors (Lipinski definition) is 4. The highest BCUT2D eigenvalue weighted by Gasteiger charge is 2.14. The molecular weight excluding hydrogens is 462 g/mol. The lowest BCUT2D eigenvalue weighted by Crippen LogP contribution is -2.31. The monoisotopic (exact) mass is 499 g/mol. The number of benzene rings is 3. The zero-order valence-electron chi connectivity index (χ0n) is 22.5. The van der Waals surface area contributed by atoms with Crippen LogP contribution >= 0.6 is 0 Å². The van der Waals surface area contributed by atoms with Gasteiger partial charge in [0.2, 0.25) is 0 Å². The molecule has 0 spiro atoms. The molecule has 0 unspecified atom stereocenters. The highest BCUT2D eigenvalue weighted by Crippen LogP contribution is 2.24. The van der Waals surface area contributed by atoms with Crippen molar-refractivity contribution in [2.75, 3.05) is 19.8 Å². The van der Waals surface area contributed by atoms with E-state index in [-0.39, 0.29) is 17.9 Å². The van der Waals surface area contributed by atoms with Gasteiger partial charge >= 0.3 is 0 Å². The smallest absolute Gasteiger partial charge is 0.257 e. The third-order valence-electron chi connectivity index (χ3n) is 6.41. The number of rotatable bonds is 10. The molecule has 6 nitrogen and oxygen atoms in total. The maximum Gasteiger partial charge on any atom is 0.257 e. The lowest BCUT2D eigenvalue weighted by Gasteiger charge is -2.19. The van der Waals surface area contributed by atoms with E-state index in [0.717, 1.165) is 39.5 Å². The Labute approximate surface area is 219 Å². The lowest BCUT2D eigenvalue weighted by molar-refractivity contribution is -0.123. The van der Waals surface area contributed by atoms with Crippen molar-refractivity contribution >= 4 is 16.9 Å². The van der Waals surface area contributed by atoms with E-state index < -0.39 is 0 Å². The first-order chi connectivity index (χ1) is 17.7. The molecule has 194 valence electrons. The number of hydrogen-bond donors (Lipinski definition) is 1. The molecule has 0 aliphatic heterocycles. The SMILES string of the molecule is Cc1ccc(C)c(OCC(=O)NCCc2nc3ccccc3n2CCOc2ccc(C(C)(C)C)cc2)c1. The predicted molar refractivity (Wildman–Crippen MR) is 148 cm³/mol. The van der Waals surface area contributed by atoms with Gasteiger partial charge in [-0.1, -0.05) is 57.2 Å². The van der Waals surface area contributed by atoms with Crippen LogP contribution in [0.5, 0.6) is 11.5 Å². The second-order valence-corrected chi connectivity index (χ2v) is 10.4. The van der Waals surface area contributed by atoms with E-state index in [2.05, 4.69) is 48.9 Å². The van der Waals surface area contributed by atoms with Crippen LogP contribution in [-0.2, 0) is 23.2 Å². The molecule has 37 heavy (non-hydrogen) atoms. The number of nitrogens with zero attached hydrogens (tertiary/aromatic N) is 2. The summed E-state index contributed by atoms with van der Waals surface area (Å²) in [6.07, 6.45) is 0.615. The topological polar surface area (TPSA) is 65.4 Å². The largest absolute Gasteiger partial charge is 0.492 e. The van der Waals surface area contributed by atoms with Crippen molar-refractivity contribution in [3.05, 3.63) is 89.2 Å². The van der Waals surface area contributed by atoms with Gasteiger partial charge in [0, 0.05) is 13.0 Å². The van der Waals surface area contributed by atoms with E-state index in [1.807, 2.05) is 62.4 Å². The molecule has 0 bridgehead atoms.